The quantitative estimate of drug-likeness (QED) is 0.442. The van der Waals surface area contributed by atoms with Crippen molar-refractivity contribution in [2.45, 2.75) is 13.3 Å². The number of ketones is 1. The number of nitriles is 1. The molecule has 0 atom stereocenters. The van der Waals surface area contributed by atoms with Crippen LogP contribution in [0.4, 0.5) is 0 Å². The van der Waals surface area contributed by atoms with Gasteiger partial charge in [-0.2, -0.15) is 5.26 Å². The molecule has 0 heterocycles. The fourth-order valence-electron chi connectivity index (χ4n) is 0.349. The van der Waals surface area contributed by atoms with Crippen molar-refractivity contribution >= 4 is 11.7 Å². The van der Waals surface area contributed by atoms with Gasteiger partial charge < -0.3 is 0 Å². The molecule has 0 unspecified atom stereocenters. The molecule has 0 spiro atoms. The van der Waals surface area contributed by atoms with Crippen LogP contribution in [0.3, 0.4) is 0 Å². The van der Waals surface area contributed by atoms with Gasteiger partial charge in [0.25, 0.3) is 5.91 Å². The van der Waals surface area contributed by atoms with Crippen LogP contribution in [0.1, 0.15) is 13.3 Å². The van der Waals surface area contributed by atoms with E-state index in [1.54, 1.807) is 6.07 Å². The summed E-state index contributed by atoms with van der Waals surface area (Å²) in [6.07, 6.45) is -0.252. The van der Waals surface area contributed by atoms with Crippen molar-refractivity contribution in [2.75, 3.05) is 0 Å². The third-order valence-corrected chi connectivity index (χ3v) is 1.02. The highest BCUT2D eigenvalue weighted by Gasteiger charge is 2.01. The maximum absolute atomic E-state index is 10.6. The predicted octanol–water partition coefficient (Wildman–Crippen LogP) is -0.376. The third kappa shape index (κ3) is 4.06. The highest BCUT2D eigenvalue weighted by atomic mass is 16.2. The lowest BCUT2D eigenvalue weighted by molar-refractivity contribution is -0.121. The van der Waals surface area contributed by atoms with Gasteiger partial charge in [-0.1, -0.05) is 6.58 Å². The number of rotatable bonds is 4. The second kappa shape index (κ2) is 4.91. The first-order valence-electron chi connectivity index (χ1n) is 3.19. The van der Waals surface area contributed by atoms with Gasteiger partial charge >= 0.3 is 0 Å². The lowest BCUT2D eigenvalue weighted by Gasteiger charge is -2.05. The third-order valence-electron chi connectivity index (χ3n) is 1.02. The van der Waals surface area contributed by atoms with E-state index < -0.39 is 5.91 Å². The Hall–Kier alpha value is -1.83. The molecule has 0 rings (SSSR count). The van der Waals surface area contributed by atoms with Crippen LogP contribution in [0.5, 0.6) is 0 Å². The van der Waals surface area contributed by atoms with E-state index in [0.717, 1.165) is 0 Å². The molecule has 5 nitrogen and oxygen atoms in total. The summed E-state index contributed by atoms with van der Waals surface area (Å²) < 4.78 is 0. The molecule has 0 aliphatic rings. The average Bonchev–Trinajstić information content (AvgIpc) is 2.00. The molecule has 5 heteroatoms. The van der Waals surface area contributed by atoms with Gasteiger partial charge in [0, 0.05) is 6.92 Å². The van der Waals surface area contributed by atoms with Gasteiger partial charge in [-0.15, -0.1) is 0 Å². The van der Waals surface area contributed by atoms with E-state index in [4.69, 9.17) is 5.26 Å². The van der Waals surface area contributed by atoms with Crippen LogP contribution in [0.25, 0.3) is 0 Å². The van der Waals surface area contributed by atoms with Crippen molar-refractivity contribution in [2.24, 2.45) is 0 Å². The standard InChI is InChI=1S/C7H9N3O2/c1-5(6(2)11)9-10-7(12)3-4-8/h9H,1,3H2,2H3,(H,10,12). The van der Waals surface area contributed by atoms with Gasteiger partial charge in [-0.05, 0) is 0 Å². The van der Waals surface area contributed by atoms with Crippen LogP contribution in [0.15, 0.2) is 12.3 Å². The number of nitrogens with one attached hydrogen (secondary N) is 2. The van der Waals surface area contributed by atoms with Gasteiger partial charge in [0.05, 0.1) is 11.8 Å². The zero-order valence-electron chi connectivity index (χ0n) is 6.68. The van der Waals surface area contributed by atoms with E-state index in [9.17, 15) is 9.59 Å². The first-order valence-corrected chi connectivity index (χ1v) is 3.19. The highest BCUT2D eigenvalue weighted by molar-refractivity contribution is 5.92. The van der Waals surface area contributed by atoms with Crippen molar-refractivity contribution in [1.29, 1.82) is 5.26 Å². The maximum Gasteiger partial charge on any atom is 0.252 e. The Morgan fingerprint density at radius 1 is 1.50 bits per heavy atom. The Kier molecular flexibility index (Phi) is 4.16. The first kappa shape index (κ1) is 10.2. The number of hydrogen-bond donors (Lipinski definition) is 2. The predicted molar refractivity (Wildman–Crippen MR) is 41.3 cm³/mol. The molecule has 0 bridgehead atoms. The molecule has 0 saturated carbocycles. The van der Waals surface area contributed by atoms with Crippen molar-refractivity contribution < 1.29 is 9.59 Å². The Morgan fingerprint density at radius 3 is 2.50 bits per heavy atom. The Labute approximate surface area is 70.0 Å². The number of amides is 1. The number of Topliss-reactive ketones (excluding diaryl/α,β-unsaturated/α-hetero) is 1. The summed E-state index contributed by atoms with van der Waals surface area (Å²) in [6, 6.07) is 1.65. The Balaban J connectivity index is 3.71. The molecular weight excluding hydrogens is 158 g/mol. The second-order valence-corrected chi connectivity index (χ2v) is 2.04. The fourth-order valence-corrected chi connectivity index (χ4v) is 0.349. The molecule has 1 amide bonds. The van der Waals surface area contributed by atoms with Crippen LogP contribution in [0, 0.1) is 11.3 Å². The monoisotopic (exact) mass is 167 g/mol. The van der Waals surface area contributed by atoms with Gasteiger partial charge in [0.15, 0.2) is 5.78 Å². The van der Waals surface area contributed by atoms with Gasteiger partial charge in [-0.25, -0.2) is 0 Å². The minimum Gasteiger partial charge on any atom is -0.296 e. The van der Waals surface area contributed by atoms with E-state index in [0.29, 0.717) is 0 Å². The normalized spacial score (nSPS) is 8.00. The summed E-state index contributed by atoms with van der Waals surface area (Å²) in [5.41, 5.74) is 4.49. The van der Waals surface area contributed by atoms with Gasteiger partial charge in [-0.3, -0.25) is 20.4 Å². The minimum absolute atomic E-state index is 0.0845. The first-order chi connectivity index (χ1) is 5.57. The molecule has 0 aliphatic carbocycles. The molecule has 0 fully saturated rings. The molecule has 0 aromatic rings. The molecule has 0 radical (unpaired) electrons. The van der Waals surface area contributed by atoms with Crippen LogP contribution < -0.4 is 10.9 Å². The van der Waals surface area contributed by atoms with Crippen LogP contribution in [0.2, 0.25) is 0 Å². The average molecular weight is 167 g/mol. The van der Waals surface area contributed by atoms with Crippen molar-refractivity contribution in [3.63, 3.8) is 0 Å². The SMILES string of the molecule is C=C(NNC(=O)CC#N)C(C)=O. The van der Waals surface area contributed by atoms with Crippen LogP contribution in [-0.4, -0.2) is 11.7 Å². The van der Waals surface area contributed by atoms with E-state index in [2.05, 4.69) is 17.4 Å². The zero-order valence-corrected chi connectivity index (χ0v) is 6.68. The van der Waals surface area contributed by atoms with Crippen LogP contribution in [-0.2, 0) is 9.59 Å². The topological polar surface area (TPSA) is 82.0 Å². The van der Waals surface area contributed by atoms with Gasteiger partial charge in [0.1, 0.15) is 6.42 Å². The van der Waals surface area contributed by atoms with E-state index >= 15 is 0 Å². The largest absolute Gasteiger partial charge is 0.296 e. The Morgan fingerprint density at radius 2 is 2.08 bits per heavy atom. The van der Waals surface area contributed by atoms with E-state index in [1.165, 1.54) is 6.92 Å². The molecule has 12 heavy (non-hydrogen) atoms. The summed E-state index contributed by atoms with van der Waals surface area (Å²) in [5.74, 6) is -0.771. The van der Waals surface area contributed by atoms with E-state index in [1.807, 2.05) is 0 Å². The summed E-state index contributed by atoms with van der Waals surface area (Å²) in [7, 11) is 0. The number of nitrogens with zero attached hydrogens (tertiary/aromatic N) is 1. The Bertz CT molecular complexity index is 252. The number of hydrogen-bond acceptors (Lipinski definition) is 4. The fraction of sp³-hybridized carbons (Fsp3) is 0.286. The number of carbonyl (C=O) groups excluding carboxylic acids is 2. The molecule has 0 aromatic heterocycles. The lowest BCUT2D eigenvalue weighted by atomic mass is 10.4. The molecule has 2 N–H and O–H groups in total. The molecule has 0 aliphatic heterocycles. The second-order valence-electron chi connectivity index (χ2n) is 2.04. The number of carbonyl (C=O) groups is 2. The molecule has 64 valence electrons. The minimum atomic E-state index is -0.500. The molecular formula is C7H9N3O2. The van der Waals surface area contributed by atoms with Crippen molar-refractivity contribution in [1.82, 2.24) is 10.9 Å². The van der Waals surface area contributed by atoms with Crippen molar-refractivity contribution in [3.8, 4) is 6.07 Å². The summed E-state index contributed by atoms with van der Waals surface area (Å²) in [5, 5.41) is 8.08. The highest BCUT2D eigenvalue weighted by Crippen LogP contribution is 1.82. The summed E-state index contributed by atoms with van der Waals surface area (Å²) >= 11 is 0. The smallest absolute Gasteiger partial charge is 0.252 e. The van der Waals surface area contributed by atoms with Crippen molar-refractivity contribution in [3.05, 3.63) is 12.3 Å². The summed E-state index contributed by atoms with van der Waals surface area (Å²) in [4.78, 5) is 21.2. The zero-order chi connectivity index (χ0) is 9.56. The molecule has 0 aromatic carbocycles. The summed E-state index contributed by atoms with van der Waals surface area (Å²) in [6.45, 7) is 4.64. The number of allylic oxidation sites excluding steroid dienone is 1. The molecule has 0 saturated heterocycles. The van der Waals surface area contributed by atoms with E-state index in [-0.39, 0.29) is 17.9 Å². The van der Waals surface area contributed by atoms with Crippen LogP contribution >= 0.6 is 0 Å². The lowest BCUT2D eigenvalue weighted by Crippen LogP contribution is -2.37. The van der Waals surface area contributed by atoms with Gasteiger partial charge in [0.2, 0.25) is 0 Å². The number of hydrazine groups is 1. The maximum atomic E-state index is 10.6.